The highest BCUT2D eigenvalue weighted by molar-refractivity contribution is 5.93. The molecule has 4 rings (SSSR count). The number of carbonyl (C=O) groups excluding carboxylic acids is 1. The number of ether oxygens (including phenoxy) is 2. The molecular weight excluding hydrogens is 396 g/mol. The van der Waals surface area contributed by atoms with Crippen molar-refractivity contribution in [2.24, 2.45) is 5.92 Å². The Kier molecular flexibility index (Phi) is 5.26. The number of amides is 1. The van der Waals surface area contributed by atoms with Gasteiger partial charge >= 0.3 is 6.18 Å². The lowest BCUT2D eigenvalue weighted by Gasteiger charge is -2.33. The second kappa shape index (κ2) is 7.71. The largest absolute Gasteiger partial charge is 0.435 e. The lowest BCUT2D eigenvalue weighted by Crippen LogP contribution is -2.42. The molecule has 1 aromatic heterocycles. The van der Waals surface area contributed by atoms with E-state index < -0.39 is 29.3 Å². The van der Waals surface area contributed by atoms with Crippen LogP contribution in [0.15, 0.2) is 24.3 Å². The first-order chi connectivity index (χ1) is 13.8. The summed E-state index contributed by atoms with van der Waals surface area (Å²) in [5, 5.41) is 7.02. The van der Waals surface area contributed by atoms with Crippen LogP contribution in [0.4, 0.5) is 17.6 Å². The number of alkyl halides is 3. The van der Waals surface area contributed by atoms with E-state index in [1.807, 2.05) is 0 Å². The fraction of sp³-hybridized carbons (Fsp3) is 0.500. The van der Waals surface area contributed by atoms with Crippen LogP contribution in [0.3, 0.4) is 0 Å². The van der Waals surface area contributed by atoms with Gasteiger partial charge in [0.2, 0.25) is 0 Å². The van der Waals surface area contributed by atoms with Gasteiger partial charge in [0.15, 0.2) is 17.7 Å². The molecule has 7 nitrogen and oxygen atoms in total. The normalized spacial score (nSPS) is 19.1. The third-order valence-corrected chi connectivity index (χ3v) is 5.07. The van der Waals surface area contributed by atoms with Gasteiger partial charge in [-0.3, -0.25) is 4.79 Å². The molecule has 0 spiro atoms. The van der Waals surface area contributed by atoms with Crippen molar-refractivity contribution in [3.05, 3.63) is 41.5 Å². The molecule has 0 bridgehead atoms. The molecule has 3 heterocycles. The van der Waals surface area contributed by atoms with Crippen LogP contribution in [-0.4, -0.2) is 58.4 Å². The number of piperidine rings is 1. The van der Waals surface area contributed by atoms with Gasteiger partial charge in [0.05, 0.1) is 18.9 Å². The molecule has 1 aromatic carbocycles. The van der Waals surface area contributed by atoms with Crippen LogP contribution in [0.25, 0.3) is 5.69 Å². The number of halogens is 4. The second-order valence-corrected chi connectivity index (χ2v) is 6.91. The molecule has 0 atom stereocenters. The van der Waals surface area contributed by atoms with Gasteiger partial charge in [0.25, 0.3) is 5.91 Å². The van der Waals surface area contributed by atoms with Crippen molar-refractivity contribution >= 4 is 5.91 Å². The average molecular weight is 414 g/mol. The molecule has 2 aliphatic rings. The summed E-state index contributed by atoms with van der Waals surface area (Å²) >= 11 is 0. The Bertz CT molecular complexity index is 870. The minimum Gasteiger partial charge on any atom is -0.350 e. The predicted octanol–water partition coefficient (Wildman–Crippen LogP) is 2.65. The molecule has 2 saturated heterocycles. The highest BCUT2D eigenvalue weighted by atomic mass is 19.4. The molecule has 11 heteroatoms. The Hall–Kier alpha value is -2.53. The van der Waals surface area contributed by atoms with Crippen LogP contribution < -0.4 is 0 Å². The number of hydrogen-bond donors (Lipinski definition) is 0. The van der Waals surface area contributed by atoms with Crippen molar-refractivity contribution in [1.29, 1.82) is 0 Å². The van der Waals surface area contributed by atoms with Crippen LogP contribution in [0, 0.1) is 11.7 Å². The van der Waals surface area contributed by atoms with Crippen LogP contribution in [0.5, 0.6) is 0 Å². The number of benzene rings is 1. The lowest BCUT2D eigenvalue weighted by molar-refractivity contribution is -0.143. The highest BCUT2D eigenvalue weighted by Crippen LogP contribution is 2.34. The van der Waals surface area contributed by atoms with E-state index in [0.29, 0.717) is 30.7 Å². The molecule has 2 aliphatic heterocycles. The third-order valence-electron chi connectivity index (χ3n) is 5.07. The molecule has 1 amide bonds. The van der Waals surface area contributed by atoms with Crippen LogP contribution in [0.1, 0.15) is 29.0 Å². The molecule has 29 heavy (non-hydrogen) atoms. The summed E-state index contributed by atoms with van der Waals surface area (Å²) in [6.07, 6.45) is -4.07. The summed E-state index contributed by atoms with van der Waals surface area (Å²) < 4.78 is 65.7. The molecule has 2 fully saturated rings. The minimum atomic E-state index is -4.87. The van der Waals surface area contributed by atoms with E-state index in [2.05, 4.69) is 10.3 Å². The predicted molar refractivity (Wildman–Crippen MR) is 90.6 cm³/mol. The Balaban J connectivity index is 1.56. The third kappa shape index (κ3) is 3.97. The highest BCUT2D eigenvalue weighted by Gasteiger charge is 2.43. The summed E-state index contributed by atoms with van der Waals surface area (Å²) in [5.41, 5.74) is -2.09. The first-order valence-corrected chi connectivity index (χ1v) is 9.16. The summed E-state index contributed by atoms with van der Waals surface area (Å²) in [6, 6.07) is 4.30. The quantitative estimate of drug-likeness (QED) is 0.723. The van der Waals surface area contributed by atoms with Crippen molar-refractivity contribution in [3.8, 4) is 5.69 Å². The van der Waals surface area contributed by atoms with E-state index in [1.54, 1.807) is 0 Å². The fourth-order valence-electron chi connectivity index (χ4n) is 3.62. The maximum absolute atomic E-state index is 13.7. The monoisotopic (exact) mass is 414 g/mol. The van der Waals surface area contributed by atoms with Gasteiger partial charge in [-0.1, -0.05) is 5.21 Å². The van der Waals surface area contributed by atoms with Gasteiger partial charge in [-0.05, 0) is 37.1 Å². The maximum Gasteiger partial charge on any atom is 0.435 e. The molecule has 0 N–H and O–H groups in total. The van der Waals surface area contributed by atoms with Gasteiger partial charge in [0.1, 0.15) is 5.82 Å². The van der Waals surface area contributed by atoms with E-state index in [9.17, 15) is 22.4 Å². The Morgan fingerprint density at radius 3 is 2.28 bits per heavy atom. The molecule has 0 saturated carbocycles. The van der Waals surface area contributed by atoms with Crippen molar-refractivity contribution < 1.29 is 31.8 Å². The van der Waals surface area contributed by atoms with E-state index in [-0.39, 0.29) is 31.0 Å². The average Bonchev–Trinajstić information content (AvgIpc) is 3.38. The molecule has 0 radical (unpaired) electrons. The molecule has 0 aliphatic carbocycles. The van der Waals surface area contributed by atoms with Gasteiger partial charge in [-0.2, -0.15) is 13.2 Å². The zero-order chi connectivity index (χ0) is 20.6. The van der Waals surface area contributed by atoms with Crippen molar-refractivity contribution in [2.45, 2.75) is 25.3 Å². The standard InChI is InChI=1S/C18H18F4N4O3/c19-12-1-3-13(4-2-12)26-15(18(20,21)22)14(23-24-26)16(27)25-7-5-11(6-8-25)17-28-9-10-29-17/h1-4,11,17H,5-10H2. The van der Waals surface area contributed by atoms with Crippen LogP contribution in [0.2, 0.25) is 0 Å². The number of likely N-dealkylation sites (tertiary alicyclic amines) is 1. The number of aromatic nitrogens is 3. The molecule has 2 aromatic rings. The van der Waals surface area contributed by atoms with E-state index in [1.165, 1.54) is 4.90 Å². The minimum absolute atomic E-state index is 0.0421. The molecule has 156 valence electrons. The molecular formula is C18H18F4N4O3. The topological polar surface area (TPSA) is 69.5 Å². The zero-order valence-electron chi connectivity index (χ0n) is 15.2. The number of hydrogen-bond acceptors (Lipinski definition) is 5. The van der Waals surface area contributed by atoms with E-state index >= 15 is 0 Å². The summed E-state index contributed by atoms with van der Waals surface area (Å²) in [6.45, 7) is 1.58. The van der Waals surface area contributed by atoms with Crippen molar-refractivity contribution in [2.75, 3.05) is 26.3 Å². The van der Waals surface area contributed by atoms with E-state index in [4.69, 9.17) is 9.47 Å². The van der Waals surface area contributed by atoms with Gasteiger partial charge < -0.3 is 14.4 Å². The number of nitrogens with zero attached hydrogens (tertiary/aromatic N) is 4. The van der Waals surface area contributed by atoms with Crippen molar-refractivity contribution in [3.63, 3.8) is 0 Å². The summed E-state index contributed by atoms with van der Waals surface area (Å²) in [4.78, 5) is 14.1. The summed E-state index contributed by atoms with van der Waals surface area (Å²) in [5.74, 6) is -1.34. The smallest absolute Gasteiger partial charge is 0.350 e. The van der Waals surface area contributed by atoms with Gasteiger partial charge in [0, 0.05) is 19.0 Å². The van der Waals surface area contributed by atoms with Crippen LogP contribution >= 0.6 is 0 Å². The summed E-state index contributed by atoms with van der Waals surface area (Å²) in [7, 11) is 0. The first kappa shape index (κ1) is 19.8. The Morgan fingerprint density at radius 2 is 1.69 bits per heavy atom. The fourth-order valence-corrected chi connectivity index (χ4v) is 3.62. The Labute approximate surface area is 163 Å². The first-order valence-electron chi connectivity index (χ1n) is 9.16. The number of rotatable bonds is 3. The van der Waals surface area contributed by atoms with Gasteiger partial charge in [-0.25, -0.2) is 9.07 Å². The Morgan fingerprint density at radius 1 is 1.07 bits per heavy atom. The maximum atomic E-state index is 13.7. The molecule has 0 unspecified atom stereocenters. The van der Waals surface area contributed by atoms with Crippen molar-refractivity contribution in [1.82, 2.24) is 19.9 Å². The van der Waals surface area contributed by atoms with Gasteiger partial charge in [-0.15, -0.1) is 5.10 Å². The number of carbonyl (C=O) groups is 1. The van der Waals surface area contributed by atoms with E-state index in [0.717, 1.165) is 24.3 Å². The lowest BCUT2D eigenvalue weighted by atomic mass is 9.96. The van der Waals surface area contributed by atoms with Crippen LogP contribution in [-0.2, 0) is 15.7 Å². The second-order valence-electron chi connectivity index (χ2n) is 6.91. The SMILES string of the molecule is O=C(c1nnn(-c2ccc(F)cc2)c1C(F)(F)F)N1CCC(C2OCCO2)CC1. The zero-order valence-corrected chi connectivity index (χ0v) is 15.2.